The van der Waals surface area contributed by atoms with Crippen molar-refractivity contribution in [3.05, 3.63) is 29.5 Å². The molecule has 1 aromatic carbocycles. The van der Waals surface area contributed by atoms with E-state index in [1.807, 2.05) is 18.2 Å². The van der Waals surface area contributed by atoms with Gasteiger partial charge in [0, 0.05) is 18.0 Å². The molecule has 4 heterocycles. The van der Waals surface area contributed by atoms with Gasteiger partial charge in [0.15, 0.2) is 0 Å². The lowest BCUT2D eigenvalue weighted by Gasteiger charge is -2.45. The van der Waals surface area contributed by atoms with Gasteiger partial charge in [-0.2, -0.15) is 0 Å². The molecule has 0 radical (unpaired) electrons. The van der Waals surface area contributed by atoms with Crippen LogP contribution in [0.1, 0.15) is 12.8 Å². The van der Waals surface area contributed by atoms with Crippen molar-refractivity contribution in [1.82, 2.24) is 14.9 Å². The minimum Gasteiger partial charge on any atom is -0.365 e. The third kappa shape index (κ3) is 2.13. The van der Waals surface area contributed by atoms with Crippen LogP contribution in [0.2, 0.25) is 5.28 Å². The molecule has 2 aromatic rings. The van der Waals surface area contributed by atoms with Gasteiger partial charge in [0.25, 0.3) is 0 Å². The molecule has 5 heteroatoms. The minimum absolute atomic E-state index is 0.312. The zero-order valence-corrected chi connectivity index (χ0v) is 12.0. The first-order valence-corrected chi connectivity index (χ1v) is 7.58. The SMILES string of the molecule is Clc1nc(NC2CN3CCC2CC3)c2ccccc2n1. The number of anilines is 1. The lowest BCUT2D eigenvalue weighted by atomic mass is 9.84. The number of nitrogens with zero attached hydrogens (tertiary/aromatic N) is 3. The third-order valence-corrected chi connectivity index (χ3v) is 4.72. The summed E-state index contributed by atoms with van der Waals surface area (Å²) in [6, 6.07) is 8.50. The molecular weight excluding hydrogens is 272 g/mol. The van der Waals surface area contributed by atoms with Crippen LogP contribution in [-0.4, -0.2) is 40.5 Å². The summed E-state index contributed by atoms with van der Waals surface area (Å²) in [5, 5.41) is 4.98. The zero-order valence-electron chi connectivity index (χ0n) is 11.2. The van der Waals surface area contributed by atoms with Gasteiger partial charge in [0.1, 0.15) is 5.82 Å². The smallest absolute Gasteiger partial charge is 0.224 e. The maximum absolute atomic E-state index is 6.05. The first kappa shape index (κ1) is 12.4. The number of hydrogen-bond acceptors (Lipinski definition) is 4. The second-order valence-electron chi connectivity index (χ2n) is 5.75. The maximum Gasteiger partial charge on any atom is 0.224 e. The lowest BCUT2D eigenvalue weighted by Crippen LogP contribution is -2.53. The number of halogens is 1. The summed E-state index contributed by atoms with van der Waals surface area (Å²) < 4.78 is 0. The lowest BCUT2D eigenvalue weighted by molar-refractivity contribution is 0.0974. The minimum atomic E-state index is 0.312. The Bertz CT molecular complexity index is 637. The first-order valence-electron chi connectivity index (χ1n) is 7.21. The van der Waals surface area contributed by atoms with Crippen molar-refractivity contribution in [2.75, 3.05) is 25.0 Å². The van der Waals surface area contributed by atoms with Gasteiger partial charge in [-0.25, -0.2) is 9.97 Å². The molecule has 3 fully saturated rings. The summed E-state index contributed by atoms with van der Waals surface area (Å²) >= 11 is 6.05. The predicted molar refractivity (Wildman–Crippen MR) is 81.1 cm³/mol. The highest BCUT2D eigenvalue weighted by atomic mass is 35.5. The fourth-order valence-corrected chi connectivity index (χ4v) is 3.64. The number of aromatic nitrogens is 2. The van der Waals surface area contributed by atoms with Crippen LogP contribution in [-0.2, 0) is 0 Å². The summed E-state index contributed by atoms with van der Waals surface area (Å²) in [7, 11) is 0. The molecular formula is C15H17ClN4. The summed E-state index contributed by atoms with van der Waals surface area (Å²) in [5.74, 6) is 1.63. The number of rotatable bonds is 2. The van der Waals surface area contributed by atoms with E-state index in [1.54, 1.807) is 0 Å². The summed E-state index contributed by atoms with van der Waals surface area (Å²) in [6.45, 7) is 3.60. The van der Waals surface area contributed by atoms with Crippen molar-refractivity contribution in [2.24, 2.45) is 5.92 Å². The molecule has 20 heavy (non-hydrogen) atoms. The van der Waals surface area contributed by atoms with Crippen LogP contribution >= 0.6 is 11.6 Å². The first-order chi connectivity index (χ1) is 9.79. The summed E-state index contributed by atoms with van der Waals surface area (Å²) in [6.07, 6.45) is 2.57. The molecule has 0 amide bonds. The van der Waals surface area contributed by atoms with Gasteiger partial charge >= 0.3 is 0 Å². The molecule has 5 rings (SSSR count). The quantitative estimate of drug-likeness (QED) is 0.863. The Morgan fingerprint density at radius 3 is 2.70 bits per heavy atom. The second-order valence-corrected chi connectivity index (χ2v) is 6.09. The monoisotopic (exact) mass is 288 g/mol. The highest BCUT2D eigenvalue weighted by molar-refractivity contribution is 6.28. The third-order valence-electron chi connectivity index (χ3n) is 4.55. The Hall–Kier alpha value is -1.39. The Balaban J connectivity index is 1.68. The molecule has 3 aliphatic heterocycles. The van der Waals surface area contributed by atoms with Crippen LogP contribution in [0.15, 0.2) is 24.3 Å². The van der Waals surface area contributed by atoms with Crippen LogP contribution in [0, 0.1) is 5.92 Å². The van der Waals surface area contributed by atoms with E-state index in [4.69, 9.17) is 11.6 Å². The highest BCUT2D eigenvalue weighted by Crippen LogP contribution is 2.31. The number of piperidine rings is 3. The maximum atomic E-state index is 6.05. The van der Waals surface area contributed by atoms with Crippen molar-refractivity contribution < 1.29 is 0 Å². The van der Waals surface area contributed by atoms with Crippen molar-refractivity contribution >= 4 is 28.3 Å². The van der Waals surface area contributed by atoms with Crippen LogP contribution in [0.4, 0.5) is 5.82 Å². The van der Waals surface area contributed by atoms with Crippen LogP contribution in [0.5, 0.6) is 0 Å². The molecule has 3 saturated heterocycles. The van der Waals surface area contributed by atoms with Gasteiger partial charge < -0.3 is 10.2 Å². The number of fused-ring (bicyclic) bond motifs is 4. The van der Waals surface area contributed by atoms with Gasteiger partial charge in [-0.05, 0) is 55.6 Å². The van der Waals surface area contributed by atoms with Gasteiger partial charge in [-0.3, -0.25) is 0 Å². The fraction of sp³-hybridized carbons (Fsp3) is 0.467. The van der Waals surface area contributed by atoms with Crippen molar-refractivity contribution in [2.45, 2.75) is 18.9 Å². The Morgan fingerprint density at radius 1 is 1.15 bits per heavy atom. The average Bonchev–Trinajstić information content (AvgIpc) is 2.48. The second kappa shape index (κ2) is 4.86. The van der Waals surface area contributed by atoms with Crippen LogP contribution in [0.25, 0.3) is 10.9 Å². The van der Waals surface area contributed by atoms with Crippen molar-refractivity contribution in [1.29, 1.82) is 0 Å². The van der Waals surface area contributed by atoms with Crippen molar-refractivity contribution in [3.63, 3.8) is 0 Å². The molecule has 3 aliphatic rings. The van der Waals surface area contributed by atoms with Crippen LogP contribution in [0.3, 0.4) is 0 Å². The molecule has 1 unspecified atom stereocenters. The van der Waals surface area contributed by atoms with Gasteiger partial charge in [0.05, 0.1) is 5.52 Å². The van der Waals surface area contributed by atoms with Crippen LogP contribution < -0.4 is 5.32 Å². The van der Waals surface area contributed by atoms with E-state index in [-0.39, 0.29) is 0 Å². The molecule has 1 aromatic heterocycles. The highest BCUT2D eigenvalue weighted by Gasteiger charge is 2.34. The molecule has 2 bridgehead atoms. The molecule has 0 saturated carbocycles. The van der Waals surface area contributed by atoms with E-state index in [2.05, 4.69) is 26.3 Å². The number of benzene rings is 1. The Morgan fingerprint density at radius 2 is 1.95 bits per heavy atom. The van der Waals surface area contributed by atoms with E-state index in [1.165, 1.54) is 25.9 Å². The van der Waals surface area contributed by atoms with E-state index < -0.39 is 0 Å². The van der Waals surface area contributed by atoms with Crippen molar-refractivity contribution in [3.8, 4) is 0 Å². The van der Waals surface area contributed by atoms with E-state index in [9.17, 15) is 0 Å². The number of nitrogens with one attached hydrogen (secondary N) is 1. The molecule has 0 aliphatic carbocycles. The number of para-hydroxylation sites is 1. The number of hydrogen-bond donors (Lipinski definition) is 1. The topological polar surface area (TPSA) is 41.1 Å². The summed E-state index contributed by atoms with van der Waals surface area (Å²) in [5.41, 5.74) is 0.899. The van der Waals surface area contributed by atoms with Gasteiger partial charge in [-0.15, -0.1) is 0 Å². The Labute approximate surface area is 123 Å². The predicted octanol–water partition coefficient (Wildman–Crippen LogP) is 2.79. The summed E-state index contributed by atoms with van der Waals surface area (Å²) in [4.78, 5) is 11.2. The fourth-order valence-electron chi connectivity index (χ4n) is 3.46. The molecule has 1 N–H and O–H groups in total. The van der Waals surface area contributed by atoms with E-state index in [0.29, 0.717) is 11.3 Å². The molecule has 0 spiro atoms. The normalized spacial score (nSPS) is 28.8. The Kier molecular flexibility index (Phi) is 3.00. The molecule has 104 valence electrons. The van der Waals surface area contributed by atoms with Gasteiger partial charge in [-0.1, -0.05) is 12.1 Å². The average molecular weight is 289 g/mol. The van der Waals surface area contributed by atoms with E-state index >= 15 is 0 Å². The zero-order chi connectivity index (χ0) is 13.5. The standard InChI is InChI=1S/C15H17ClN4/c16-15-18-12-4-2-1-3-11(12)14(19-15)17-13-9-20-7-5-10(13)6-8-20/h1-4,10,13H,5-9H2,(H,17,18,19). The molecule has 4 nitrogen and oxygen atoms in total. The van der Waals surface area contributed by atoms with Gasteiger partial charge in [0.2, 0.25) is 5.28 Å². The molecule has 1 atom stereocenters. The van der Waals surface area contributed by atoms with E-state index in [0.717, 1.165) is 29.2 Å². The largest absolute Gasteiger partial charge is 0.365 e.